The summed E-state index contributed by atoms with van der Waals surface area (Å²) in [7, 11) is -2.11. The summed E-state index contributed by atoms with van der Waals surface area (Å²) in [6, 6.07) is 14.3. The molecule has 0 aliphatic heterocycles. The molecule has 3 aromatic rings. The van der Waals surface area contributed by atoms with Gasteiger partial charge in [0, 0.05) is 31.7 Å². The molecule has 0 fully saturated rings. The van der Waals surface area contributed by atoms with Gasteiger partial charge in [-0.1, -0.05) is 29.8 Å². The molecule has 1 amide bonds. The number of aromatic nitrogens is 1. The van der Waals surface area contributed by atoms with Crippen LogP contribution in [0.3, 0.4) is 0 Å². The van der Waals surface area contributed by atoms with Crippen LogP contribution < -0.4 is 5.32 Å². The number of hydrogen-bond donors (Lipinski definition) is 1. The van der Waals surface area contributed by atoms with Gasteiger partial charge in [0.1, 0.15) is 0 Å². The Bertz CT molecular complexity index is 1070. The molecule has 0 atom stereocenters. The number of benzene rings is 2. The van der Waals surface area contributed by atoms with Gasteiger partial charge >= 0.3 is 0 Å². The third kappa shape index (κ3) is 4.43. The number of methoxy groups -OCH3 is 1. The van der Waals surface area contributed by atoms with Gasteiger partial charge in [-0.25, -0.2) is 12.4 Å². The lowest BCUT2D eigenvalue weighted by Gasteiger charge is -2.09. The van der Waals surface area contributed by atoms with E-state index < -0.39 is 10.0 Å². The lowest BCUT2D eigenvalue weighted by molar-refractivity contribution is -0.121. The highest BCUT2D eigenvalue weighted by Crippen LogP contribution is 2.23. The van der Waals surface area contributed by atoms with E-state index in [1.54, 1.807) is 43.6 Å². The van der Waals surface area contributed by atoms with Gasteiger partial charge < -0.3 is 10.1 Å². The molecule has 1 N–H and O–H groups in total. The molecule has 0 bridgehead atoms. The summed E-state index contributed by atoms with van der Waals surface area (Å²) in [6.45, 7) is 2.80. The third-order valence-electron chi connectivity index (χ3n) is 4.57. The molecule has 2 aromatic carbocycles. The fraction of sp³-hybridized carbons (Fsp3) is 0.286. The third-order valence-corrected chi connectivity index (χ3v) is 6.27. The smallest absolute Gasteiger partial charge is 0.268 e. The summed E-state index contributed by atoms with van der Waals surface area (Å²) in [5.41, 5.74) is 2.59. The lowest BCUT2D eigenvalue weighted by Crippen LogP contribution is -2.26. The van der Waals surface area contributed by atoms with Crippen LogP contribution >= 0.6 is 0 Å². The van der Waals surface area contributed by atoms with E-state index in [1.165, 1.54) is 3.97 Å². The summed E-state index contributed by atoms with van der Waals surface area (Å²) in [5, 5.41) is 3.69. The lowest BCUT2D eigenvalue weighted by atomic mass is 10.1. The van der Waals surface area contributed by atoms with Gasteiger partial charge in [0.2, 0.25) is 5.91 Å². The largest absolute Gasteiger partial charge is 0.384 e. The summed E-state index contributed by atoms with van der Waals surface area (Å²) >= 11 is 0. The van der Waals surface area contributed by atoms with E-state index in [9.17, 15) is 13.2 Å². The van der Waals surface area contributed by atoms with E-state index in [4.69, 9.17) is 4.74 Å². The number of hydrogen-bond acceptors (Lipinski definition) is 4. The van der Waals surface area contributed by atoms with Gasteiger partial charge in [-0.15, -0.1) is 0 Å². The second-order valence-electron chi connectivity index (χ2n) is 6.67. The van der Waals surface area contributed by atoms with E-state index in [2.05, 4.69) is 5.32 Å². The van der Waals surface area contributed by atoms with Crippen LogP contribution in [-0.4, -0.2) is 38.6 Å². The quantitative estimate of drug-likeness (QED) is 0.631. The number of nitrogens with one attached hydrogen (secondary N) is 1. The standard InChI is InChI=1S/C21H24N2O4S/c1-16-3-7-19(8-4-16)28(25,26)23-13-10-18-6-5-17(15-20(18)23)9-12-22-21(24)11-14-27-2/h3-8,10,13,15H,9,11-12,14H2,1-2H3,(H,22,24). The molecule has 0 aliphatic rings. The molecule has 7 heteroatoms. The Labute approximate surface area is 165 Å². The number of carbonyl (C=O) groups excluding carboxylic acids is 1. The highest BCUT2D eigenvalue weighted by Gasteiger charge is 2.18. The molecule has 1 aromatic heterocycles. The number of amides is 1. The maximum absolute atomic E-state index is 13.0. The minimum absolute atomic E-state index is 0.0618. The van der Waals surface area contributed by atoms with Crippen molar-refractivity contribution in [2.45, 2.75) is 24.7 Å². The van der Waals surface area contributed by atoms with Crippen molar-refractivity contribution in [3.8, 4) is 0 Å². The summed E-state index contributed by atoms with van der Waals surface area (Å²) < 4.78 is 32.3. The van der Waals surface area contributed by atoms with E-state index in [0.717, 1.165) is 16.5 Å². The highest BCUT2D eigenvalue weighted by molar-refractivity contribution is 7.90. The van der Waals surface area contributed by atoms with Crippen molar-refractivity contribution in [3.05, 3.63) is 65.9 Å². The number of fused-ring (bicyclic) bond motifs is 1. The van der Waals surface area contributed by atoms with E-state index >= 15 is 0 Å². The van der Waals surface area contributed by atoms with Gasteiger partial charge in [0.25, 0.3) is 10.0 Å². The maximum Gasteiger partial charge on any atom is 0.268 e. The van der Waals surface area contributed by atoms with Crippen molar-refractivity contribution in [3.63, 3.8) is 0 Å². The van der Waals surface area contributed by atoms with Crippen molar-refractivity contribution >= 4 is 26.8 Å². The first-order chi connectivity index (χ1) is 13.4. The Kier molecular flexibility index (Phi) is 6.16. The normalized spacial score (nSPS) is 11.6. The molecule has 3 rings (SSSR count). The van der Waals surface area contributed by atoms with Crippen LogP contribution in [0.15, 0.2) is 59.6 Å². The van der Waals surface area contributed by atoms with E-state index in [1.807, 2.05) is 25.1 Å². The summed E-state index contributed by atoms with van der Waals surface area (Å²) in [6.07, 6.45) is 2.52. The number of aryl methyl sites for hydroxylation is 1. The van der Waals surface area contributed by atoms with Crippen molar-refractivity contribution in [1.29, 1.82) is 0 Å². The van der Waals surface area contributed by atoms with Crippen LogP contribution in [0, 0.1) is 6.92 Å². The van der Waals surface area contributed by atoms with Crippen LogP contribution in [0.1, 0.15) is 17.5 Å². The molecular formula is C21H24N2O4S. The molecule has 6 nitrogen and oxygen atoms in total. The fourth-order valence-electron chi connectivity index (χ4n) is 2.97. The monoisotopic (exact) mass is 400 g/mol. The SMILES string of the molecule is COCCC(=O)NCCc1ccc2ccn(S(=O)(=O)c3ccc(C)cc3)c2c1. The predicted molar refractivity (Wildman–Crippen MR) is 109 cm³/mol. The Morgan fingerprint density at radius 3 is 2.57 bits per heavy atom. The fourth-order valence-corrected chi connectivity index (χ4v) is 4.31. The average molecular weight is 401 g/mol. The minimum atomic E-state index is -3.67. The molecule has 1 heterocycles. The Balaban J connectivity index is 1.81. The molecule has 0 radical (unpaired) electrons. The zero-order valence-corrected chi connectivity index (χ0v) is 16.8. The van der Waals surface area contributed by atoms with E-state index in [0.29, 0.717) is 31.5 Å². The Morgan fingerprint density at radius 2 is 1.86 bits per heavy atom. The summed E-state index contributed by atoms with van der Waals surface area (Å²) in [5.74, 6) is -0.0618. The number of nitrogens with zero attached hydrogens (tertiary/aromatic N) is 1. The molecule has 0 spiro atoms. The molecule has 0 aliphatic carbocycles. The van der Waals surface area contributed by atoms with Crippen LogP contribution in [0.25, 0.3) is 10.9 Å². The van der Waals surface area contributed by atoms with Gasteiger partial charge in [-0.3, -0.25) is 4.79 Å². The topological polar surface area (TPSA) is 77.4 Å². The molecule has 0 unspecified atom stereocenters. The molecule has 0 saturated carbocycles. The minimum Gasteiger partial charge on any atom is -0.384 e. The van der Waals surface area contributed by atoms with Crippen molar-refractivity contribution in [1.82, 2.24) is 9.29 Å². The first-order valence-electron chi connectivity index (χ1n) is 9.09. The number of rotatable bonds is 8. The van der Waals surface area contributed by atoms with E-state index in [-0.39, 0.29) is 10.8 Å². The first kappa shape index (κ1) is 20.1. The molecule has 28 heavy (non-hydrogen) atoms. The summed E-state index contributed by atoms with van der Waals surface area (Å²) in [4.78, 5) is 11.9. The van der Waals surface area contributed by atoms with Gasteiger partial charge in [0.05, 0.1) is 17.0 Å². The molecular weight excluding hydrogens is 376 g/mol. The van der Waals surface area contributed by atoms with Gasteiger partial charge in [0.15, 0.2) is 0 Å². The predicted octanol–water partition coefficient (Wildman–Crippen LogP) is 2.88. The second kappa shape index (κ2) is 8.58. The van der Waals surface area contributed by atoms with Crippen LogP contribution in [0.5, 0.6) is 0 Å². The zero-order valence-electron chi connectivity index (χ0n) is 16.0. The number of carbonyl (C=O) groups is 1. The Hall–Kier alpha value is -2.64. The molecule has 0 saturated heterocycles. The first-order valence-corrected chi connectivity index (χ1v) is 10.5. The average Bonchev–Trinajstić information content (AvgIpc) is 3.11. The number of ether oxygens (including phenoxy) is 1. The highest BCUT2D eigenvalue weighted by atomic mass is 32.2. The zero-order chi connectivity index (χ0) is 20.1. The second-order valence-corrected chi connectivity index (χ2v) is 8.48. The van der Waals surface area contributed by atoms with Gasteiger partial charge in [-0.05, 0) is 43.2 Å². The van der Waals surface area contributed by atoms with Crippen LogP contribution in [0.4, 0.5) is 0 Å². The van der Waals surface area contributed by atoms with Crippen molar-refractivity contribution in [2.75, 3.05) is 20.3 Å². The van der Waals surface area contributed by atoms with Crippen molar-refractivity contribution < 1.29 is 17.9 Å². The molecule has 148 valence electrons. The Morgan fingerprint density at radius 1 is 1.11 bits per heavy atom. The van der Waals surface area contributed by atoms with Gasteiger partial charge in [-0.2, -0.15) is 0 Å². The van der Waals surface area contributed by atoms with Crippen LogP contribution in [0.2, 0.25) is 0 Å². The van der Waals surface area contributed by atoms with Crippen LogP contribution in [-0.2, 0) is 26.0 Å². The van der Waals surface area contributed by atoms with Crippen molar-refractivity contribution in [2.24, 2.45) is 0 Å². The maximum atomic E-state index is 13.0.